The van der Waals surface area contributed by atoms with Crippen LogP contribution in [0, 0.1) is 0 Å². The second-order valence-electron chi connectivity index (χ2n) is 7.40. The fraction of sp³-hybridized carbons (Fsp3) is 0.321. The number of carbonyl (C=O) groups excluding carboxylic acids is 1. The minimum Gasteiger partial charge on any atom is -0.486 e. The van der Waals surface area contributed by atoms with Gasteiger partial charge in [-0.15, -0.1) is 6.58 Å². The summed E-state index contributed by atoms with van der Waals surface area (Å²) in [4.78, 5) is 12.7. The first-order chi connectivity index (χ1) is 16.2. The van der Waals surface area contributed by atoms with Crippen LogP contribution in [-0.2, 0) is 11.3 Å². The van der Waals surface area contributed by atoms with Crippen LogP contribution >= 0.6 is 0 Å². The molecule has 0 aliphatic rings. The molecule has 0 unspecified atom stereocenters. The summed E-state index contributed by atoms with van der Waals surface area (Å²) in [5.74, 6) is 0.813. The molecule has 0 spiro atoms. The predicted molar refractivity (Wildman–Crippen MR) is 132 cm³/mol. The van der Waals surface area contributed by atoms with Crippen LogP contribution in [0.15, 0.2) is 80.4 Å². The molecule has 2 aromatic carbocycles. The van der Waals surface area contributed by atoms with Crippen LogP contribution < -0.4 is 14.2 Å². The fourth-order valence-electron chi connectivity index (χ4n) is 3.07. The third-order valence-corrected chi connectivity index (χ3v) is 4.73. The van der Waals surface area contributed by atoms with Crippen LogP contribution in [0.4, 0.5) is 0 Å². The normalized spacial score (nSPS) is 10.2. The van der Waals surface area contributed by atoms with Crippen LogP contribution in [0.25, 0.3) is 0 Å². The van der Waals surface area contributed by atoms with Crippen molar-refractivity contribution in [2.24, 2.45) is 0 Å². The Morgan fingerprint density at radius 3 is 2.03 bits per heavy atom. The molecule has 176 valence electrons. The highest BCUT2D eigenvalue weighted by atomic mass is 16.5. The molecule has 0 fully saturated rings. The number of ether oxygens (including phenoxy) is 4. The summed E-state index contributed by atoms with van der Waals surface area (Å²) < 4.78 is 23.1. The van der Waals surface area contributed by atoms with Crippen molar-refractivity contribution in [3.63, 3.8) is 0 Å². The van der Waals surface area contributed by atoms with E-state index >= 15 is 0 Å². The molecule has 0 atom stereocenters. The van der Waals surface area contributed by atoms with E-state index in [2.05, 4.69) is 19.7 Å². The van der Waals surface area contributed by atoms with E-state index in [0.29, 0.717) is 29.4 Å². The molecular weight excluding hydrogens is 416 g/mol. The first-order valence-corrected chi connectivity index (χ1v) is 11.3. The molecule has 0 N–H and O–H groups in total. The summed E-state index contributed by atoms with van der Waals surface area (Å²) >= 11 is 0. The molecule has 2 rings (SSSR count). The highest BCUT2D eigenvalue weighted by Gasteiger charge is 2.19. The second kappa shape index (κ2) is 15.4. The van der Waals surface area contributed by atoms with E-state index in [1.54, 1.807) is 24.3 Å². The Hall–Kier alpha value is -3.47. The van der Waals surface area contributed by atoms with Crippen LogP contribution in [0.2, 0.25) is 0 Å². The Kier molecular flexibility index (Phi) is 12.0. The van der Waals surface area contributed by atoms with Gasteiger partial charge in [-0.25, -0.2) is 4.79 Å². The van der Waals surface area contributed by atoms with Crippen LogP contribution in [0.3, 0.4) is 0 Å². The topological polar surface area (TPSA) is 54.0 Å². The summed E-state index contributed by atoms with van der Waals surface area (Å²) in [5, 5.41) is 0. The molecule has 0 heterocycles. The van der Waals surface area contributed by atoms with Crippen molar-refractivity contribution < 1.29 is 23.7 Å². The van der Waals surface area contributed by atoms with Crippen LogP contribution in [0.1, 0.15) is 48.0 Å². The molecule has 0 radical (unpaired) electrons. The van der Waals surface area contributed by atoms with Crippen molar-refractivity contribution in [3.8, 4) is 17.2 Å². The van der Waals surface area contributed by atoms with Gasteiger partial charge in [0.2, 0.25) is 5.75 Å². The average Bonchev–Trinajstić information content (AvgIpc) is 2.85. The maximum Gasteiger partial charge on any atom is 0.338 e. The number of hydrogen-bond donors (Lipinski definition) is 0. The third kappa shape index (κ3) is 9.27. The van der Waals surface area contributed by atoms with Gasteiger partial charge in [-0.2, -0.15) is 0 Å². The molecule has 0 aliphatic carbocycles. The predicted octanol–water partition coefficient (Wildman–Crippen LogP) is 6.69. The van der Waals surface area contributed by atoms with E-state index in [4.69, 9.17) is 18.9 Å². The van der Waals surface area contributed by atoms with Gasteiger partial charge in [0, 0.05) is 0 Å². The van der Waals surface area contributed by atoms with Crippen molar-refractivity contribution in [3.05, 3.63) is 91.6 Å². The minimum atomic E-state index is -0.473. The lowest BCUT2D eigenvalue weighted by atomic mass is 10.1. The number of benzene rings is 2. The maximum absolute atomic E-state index is 12.7. The van der Waals surface area contributed by atoms with E-state index < -0.39 is 5.97 Å². The average molecular weight is 451 g/mol. The van der Waals surface area contributed by atoms with E-state index in [0.717, 1.165) is 37.7 Å². The Bertz CT molecular complexity index is 855. The summed E-state index contributed by atoms with van der Waals surface area (Å²) in [5.41, 5.74) is 1.23. The van der Waals surface area contributed by atoms with Gasteiger partial charge in [-0.1, -0.05) is 74.6 Å². The number of hydrogen-bond acceptors (Lipinski definition) is 5. The monoisotopic (exact) mass is 450 g/mol. The van der Waals surface area contributed by atoms with Crippen molar-refractivity contribution in [1.29, 1.82) is 0 Å². The molecule has 2 aromatic rings. The molecule has 5 nitrogen and oxygen atoms in total. The van der Waals surface area contributed by atoms with Crippen molar-refractivity contribution in [2.45, 2.75) is 38.7 Å². The fourth-order valence-corrected chi connectivity index (χ4v) is 3.07. The number of carbonyl (C=O) groups is 1. The Balaban J connectivity index is 2.15. The van der Waals surface area contributed by atoms with Gasteiger partial charge in [0.15, 0.2) is 11.5 Å². The second-order valence-corrected chi connectivity index (χ2v) is 7.40. The Morgan fingerprint density at radius 1 is 0.788 bits per heavy atom. The Morgan fingerprint density at radius 2 is 1.42 bits per heavy atom. The van der Waals surface area contributed by atoms with Crippen LogP contribution in [0.5, 0.6) is 17.2 Å². The molecule has 0 saturated carbocycles. The number of rotatable bonds is 17. The molecule has 33 heavy (non-hydrogen) atoms. The number of allylic oxidation sites excluding steroid dienone is 1. The molecule has 0 aliphatic heterocycles. The lowest BCUT2D eigenvalue weighted by Gasteiger charge is -2.18. The summed E-state index contributed by atoms with van der Waals surface area (Å²) in [6, 6.07) is 12.8. The maximum atomic E-state index is 12.7. The molecule has 0 amide bonds. The van der Waals surface area contributed by atoms with Gasteiger partial charge in [0.05, 0.1) is 12.2 Å². The third-order valence-electron chi connectivity index (χ3n) is 4.73. The van der Waals surface area contributed by atoms with Gasteiger partial charge >= 0.3 is 5.97 Å². The lowest BCUT2D eigenvalue weighted by molar-refractivity contribution is 0.0471. The minimum absolute atomic E-state index is 0.176. The Labute approximate surface area is 197 Å². The van der Waals surface area contributed by atoms with Crippen LogP contribution in [-0.4, -0.2) is 25.8 Å². The van der Waals surface area contributed by atoms with Gasteiger partial charge in [0.1, 0.15) is 19.8 Å². The first-order valence-electron chi connectivity index (χ1n) is 11.3. The number of unbranched alkanes of at least 4 members (excludes halogenated alkanes) is 4. The van der Waals surface area contributed by atoms with E-state index in [1.807, 2.05) is 36.4 Å². The zero-order chi connectivity index (χ0) is 23.7. The molecular formula is C28H34O5. The van der Waals surface area contributed by atoms with Gasteiger partial charge < -0.3 is 18.9 Å². The van der Waals surface area contributed by atoms with Gasteiger partial charge in [-0.3, -0.25) is 0 Å². The number of esters is 1. The van der Waals surface area contributed by atoms with Gasteiger partial charge in [0.25, 0.3) is 0 Å². The smallest absolute Gasteiger partial charge is 0.338 e. The van der Waals surface area contributed by atoms with E-state index in [1.165, 1.54) is 0 Å². The highest BCUT2D eigenvalue weighted by Crippen LogP contribution is 2.39. The summed E-state index contributed by atoms with van der Waals surface area (Å²) in [7, 11) is 0. The molecule has 0 aromatic heterocycles. The summed E-state index contributed by atoms with van der Waals surface area (Å²) in [6.07, 6.45) is 10.5. The highest BCUT2D eigenvalue weighted by molar-refractivity contribution is 5.91. The van der Waals surface area contributed by atoms with Crippen molar-refractivity contribution in [2.75, 3.05) is 19.8 Å². The lowest BCUT2D eigenvalue weighted by Crippen LogP contribution is -2.09. The zero-order valence-corrected chi connectivity index (χ0v) is 19.3. The standard InChI is InChI=1S/C28H34O5/c1-4-7-8-9-10-14-19-32-27-25(30-17-5-2)20-24(21-26(27)31-18-6-3)28(29)33-22-23-15-12-11-13-16-23/h4-6,11-13,15-16,20-21H,1-3,7-10,14,17-19,22H2. The van der Waals surface area contributed by atoms with E-state index in [-0.39, 0.29) is 19.8 Å². The SMILES string of the molecule is C=CCCCCCCOc1c(OCC=C)cc(C(=O)OCc2ccccc2)cc1OCC=C. The molecule has 5 heteroatoms. The van der Waals surface area contributed by atoms with Crippen molar-refractivity contribution in [1.82, 2.24) is 0 Å². The summed E-state index contributed by atoms with van der Waals surface area (Å²) in [6.45, 7) is 12.4. The zero-order valence-electron chi connectivity index (χ0n) is 19.3. The van der Waals surface area contributed by atoms with Gasteiger partial charge in [-0.05, 0) is 37.0 Å². The first kappa shape index (κ1) is 25.8. The molecule has 0 bridgehead atoms. The van der Waals surface area contributed by atoms with Crippen molar-refractivity contribution >= 4 is 5.97 Å². The van der Waals surface area contributed by atoms with E-state index in [9.17, 15) is 4.79 Å². The quantitative estimate of drug-likeness (QED) is 0.153. The molecule has 0 saturated heterocycles. The largest absolute Gasteiger partial charge is 0.486 e.